The van der Waals surface area contributed by atoms with E-state index in [1.807, 2.05) is 13.8 Å². The predicted molar refractivity (Wildman–Crippen MR) is 104 cm³/mol. The Balaban J connectivity index is 0.00000176. The molecule has 2 atom stereocenters. The third-order valence-electron chi connectivity index (χ3n) is 5.23. The fraction of sp³-hybridized carbons (Fsp3) is 0.650. The quantitative estimate of drug-likeness (QED) is 0.463. The van der Waals surface area contributed by atoms with Crippen LogP contribution in [0.5, 0.6) is 0 Å². The zero-order valence-electron chi connectivity index (χ0n) is 17.9. The number of alkyl halides is 6. The van der Waals surface area contributed by atoms with Gasteiger partial charge in [-0.2, -0.15) is 26.3 Å². The molecule has 180 valence electrons. The largest absolute Gasteiger partial charge is 0.426 e. The number of fused-ring (bicyclic) bond motifs is 5. The Morgan fingerprint density at radius 2 is 1.69 bits per heavy atom. The molecule has 1 aliphatic rings. The summed E-state index contributed by atoms with van der Waals surface area (Å²) >= 11 is 0. The van der Waals surface area contributed by atoms with Gasteiger partial charge < -0.3 is 15.3 Å². The summed E-state index contributed by atoms with van der Waals surface area (Å²) < 4.78 is 86.2. The van der Waals surface area contributed by atoms with Crippen LogP contribution in [0.25, 0.3) is 11.6 Å². The Bertz CT molecular complexity index is 912. The standard InChI is InChI=1S/C18H20F6N4O2.C2H6/c1-9-6-4-2-3-5-7-16(29,18(22,23)24)15-28-27-14(30-15)13-11(25)8-10(12(9)26-13)17(19,20)21;1-2/h8-9,29H,2-7,25H2,1H3;1-2H3. The van der Waals surface area contributed by atoms with Gasteiger partial charge in [-0.15, -0.1) is 10.2 Å². The van der Waals surface area contributed by atoms with Crippen LogP contribution in [0.2, 0.25) is 0 Å². The summed E-state index contributed by atoms with van der Waals surface area (Å²) in [6.45, 7) is 5.59. The third kappa shape index (κ3) is 5.16. The Labute approximate surface area is 181 Å². The molecule has 3 heterocycles. The van der Waals surface area contributed by atoms with Crippen LogP contribution in [-0.4, -0.2) is 26.5 Å². The summed E-state index contributed by atoms with van der Waals surface area (Å²) in [7, 11) is 0. The van der Waals surface area contributed by atoms with Crippen molar-refractivity contribution in [2.75, 3.05) is 5.73 Å². The van der Waals surface area contributed by atoms with Gasteiger partial charge in [-0.3, -0.25) is 0 Å². The molecule has 2 aromatic heterocycles. The summed E-state index contributed by atoms with van der Waals surface area (Å²) in [4.78, 5) is 3.96. The number of hydrogen-bond acceptors (Lipinski definition) is 6. The first-order chi connectivity index (χ1) is 14.8. The maximum atomic E-state index is 13.6. The number of anilines is 1. The molecule has 3 rings (SSSR count). The molecule has 0 aliphatic carbocycles. The van der Waals surface area contributed by atoms with Crippen LogP contribution >= 0.6 is 0 Å². The number of aliphatic hydroxyl groups is 1. The molecule has 0 fully saturated rings. The van der Waals surface area contributed by atoms with Gasteiger partial charge in [-0.05, 0) is 31.2 Å². The lowest BCUT2D eigenvalue weighted by Crippen LogP contribution is -2.42. The molecule has 2 aromatic rings. The van der Waals surface area contributed by atoms with E-state index in [1.165, 1.54) is 0 Å². The fourth-order valence-electron chi connectivity index (χ4n) is 3.49. The molecule has 2 unspecified atom stereocenters. The number of nitrogen functional groups attached to an aromatic ring is 1. The van der Waals surface area contributed by atoms with E-state index in [4.69, 9.17) is 10.2 Å². The molecule has 32 heavy (non-hydrogen) atoms. The second-order valence-electron chi connectivity index (χ2n) is 7.48. The predicted octanol–water partition coefficient (Wildman–Crippen LogP) is 5.97. The van der Waals surface area contributed by atoms with Crippen molar-refractivity contribution in [2.45, 2.75) is 83.2 Å². The summed E-state index contributed by atoms with van der Waals surface area (Å²) in [6.07, 6.45) is -8.82. The number of halogens is 6. The molecule has 0 radical (unpaired) electrons. The van der Waals surface area contributed by atoms with Crippen molar-refractivity contribution in [3.05, 3.63) is 23.2 Å². The average Bonchev–Trinajstić information content (AvgIpc) is 3.19. The summed E-state index contributed by atoms with van der Waals surface area (Å²) in [5.74, 6) is -2.28. The van der Waals surface area contributed by atoms with Crippen molar-refractivity contribution in [1.29, 1.82) is 0 Å². The number of hydrogen-bond donors (Lipinski definition) is 2. The highest BCUT2D eigenvalue weighted by Gasteiger charge is 2.58. The molecule has 12 heteroatoms. The topological polar surface area (TPSA) is 98.1 Å². The molecule has 0 amide bonds. The van der Waals surface area contributed by atoms with Gasteiger partial charge in [-0.25, -0.2) is 4.98 Å². The van der Waals surface area contributed by atoms with E-state index in [9.17, 15) is 31.4 Å². The van der Waals surface area contributed by atoms with Crippen molar-refractivity contribution in [3.63, 3.8) is 0 Å². The third-order valence-corrected chi connectivity index (χ3v) is 5.23. The van der Waals surface area contributed by atoms with E-state index < -0.39 is 53.3 Å². The van der Waals surface area contributed by atoms with Crippen LogP contribution in [-0.2, 0) is 11.8 Å². The maximum Gasteiger partial charge on any atom is 0.426 e. The Hall–Kier alpha value is -2.37. The van der Waals surface area contributed by atoms with Crippen LogP contribution in [0.1, 0.15) is 82.4 Å². The SMILES string of the molecule is CC.CC1CCCCCCC(O)(C(F)(F)F)c2nnc(o2)-c2nc1c(C(F)(F)F)cc2N. The minimum atomic E-state index is -5.09. The molecule has 4 bridgehead atoms. The Morgan fingerprint density at radius 3 is 2.28 bits per heavy atom. The second kappa shape index (κ2) is 9.63. The number of aromatic nitrogens is 3. The van der Waals surface area contributed by atoms with Gasteiger partial charge in [-0.1, -0.05) is 40.0 Å². The number of nitrogens with two attached hydrogens (primary N) is 1. The number of pyridine rings is 1. The van der Waals surface area contributed by atoms with Gasteiger partial charge in [0.1, 0.15) is 0 Å². The van der Waals surface area contributed by atoms with Crippen LogP contribution < -0.4 is 5.73 Å². The van der Waals surface area contributed by atoms with Gasteiger partial charge >= 0.3 is 12.4 Å². The van der Waals surface area contributed by atoms with Gasteiger partial charge in [0.15, 0.2) is 5.69 Å². The first-order valence-electron chi connectivity index (χ1n) is 10.4. The highest BCUT2D eigenvalue weighted by molar-refractivity contribution is 5.67. The van der Waals surface area contributed by atoms with Gasteiger partial charge in [0, 0.05) is 0 Å². The molecule has 1 aliphatic heterocycles. The average molecular weight is 468 g/mol. The smallest absolute Gasteiger partial charge is 0.416 e. The molecule has 3 N–H and O–H groups in total. The molecular formula is C20H26F6N4O2. The van der Waals surface area contributed by atoms with Crippen LogP contribution in [0.15, 0.2) is 10.5 Å². The summed E-state index contributed by atoms with van der Waals surface area (Å²) in [5.41, 5.74) is 0.169. The molecule has 0 aromatic carbocycles. The van der Waals surface area contributed by atoms with E-state index >= 15 is 0 Å². The van der Waals surface area contributed by atoms with E-state index in [0.29, 0.717) is 31.7 Å². The number of rotatable bonds is 0. The normalized spacial score (nSPS) is 22.5. The Morgan fingerprint density at radius 1 is 1.06 bits per heavy atom. The van der Waals surface area contributed by atoms with E-state index in [1.54, 1.807) is 6.92 Å². The van der Waals surface area contributed by atoms with E-state index in [-0.39, 0.29) is 17.8 Å². The monoisotopic (exact) mass is 468 g/mol. The lowest BCUT2D eigenvalue weighted by Gasteiger charge is -2.27. The maximum absolute atomic E-state index is 13.6. The van der Waals surface area contributed by atoms with Crippen LogP contribution in [0, 0.1) is 0 Å². The Kier molecular flexibility index (Phi) is 7.79. The van der Waals surface area contributed by atoms with Gasteiger partial charge in [0.05, 0.1) is 16.9 Å². The minimum absolute atomic E-state index is 0.0155. The van der Waals surface area contributed by atoms with Crippen molar-refractivity contribution in [2.24, 2.45) is 0 Å². The summed E-state index contributed by atoms with van der Waals surface area (Å²) in [5, 5.41) is 17.1. The zero-order valence-corrected chi connectivity index (χ0v) is 17.9. The molecule has 6 nitrogen and oxygen atoms in total. The van der Waals surface area contributed by atoms with Crippen molar-refractivity contribution in [1.82, 2.24) is 15.2 Å². The molecule has 0 saturated carbocycles. The number of nitrogens with zero attached hydrogens (tertiary/aromatic N) is 3. The lowest BCUT2D eigenvalue weighted by molar-refractivity contribution is -0.277. The van der Waals surface area contributed by atoms with E-state index in [0.717, 1.165) is 0 Å². The molecular weight excluding hydrogens is 442 g/mol. The van der Waals surface area contributed by atoms with Gasteiger partial charge in [0.2, 0.25) is 5.60 Å². The first kappa shape index (κ1) is 25.9. The highest BCUT2D eigenvalue weighted by Crippen LogP contribution is 2.44. The fourth-order valence-corrected chi connectivity index (χ4v) is 3.49. The molecule has 0 spiro atoms. The van der Waals surface area contributed by atoms with E-state index in [2.05, 4.69) is 15.2 Å². The van der Waals surface area contributed by atoms with Crippen molar-refractivity contribution >= 4 is 5.69 Å². The van der Waals surface area contributed by atoms with Crippen LogP contribution in [0.3, 0.4) is 0 Å². The lowest BCUT2D eigenvalue weighted by atomic mass is 9.92. The second-order valence-corrected chi connectivity index (χ2v) is 7.48. The van der Waals surface area contributed by atoms with Crippen molar-refractivity contribution < 1.29 is 35.9 Å². The summed E-state index contributed by atoms with van der Waals surface area (Å²) in [6, 6.07) is 0.667. The zero-order chi connectivity index (χ0) is 24.3. The minimum Gasteiger partial charge on any atom is -0.416 e. The van der Waals surface area contributed by atoms with Crippen LogP contribution in [0.4, 0.5) is 32.0 Å². The van der Waals surface area contributed by atoms with Crippen molar-refractivity contribution in [3.8, 4) is 11.6 Å². The molecule has 0 saturated heterocycles. The first-order valence-corrected chi connectivity index (χ1v) is 10.4. The van der Waals surface area contributed by atoms with Gasteiger partial charge in [0.25, 0.3) is 11.8 Å². The highest BCUT2D eigenvalue weighted by atomic mass is 19.4.